The van der Waals surface area contributed by atoms with E-state index in [1.807, 2.05) is 85.8 Å². The van der Waals surface area contributed by atoms with E-state index in [0.717, 1.165) is 32.8 Å². The van der Waals surface area contributed by atoms with Gasteiger partial charge in [0.2, 0.25) is 5.13 Å². The first-order chi connectivity index (χ1) is 18.7. The molecule has 0 spiro atoms. The Kier molecular flexibility index (Phi) is 8.33. The second-order valence-corrected chi connectivity index (χ2v) is 9.72. The van der Waals surface area contributed by atoms with E-state index < -0.39 is 0 Å². The molecule has 5 rings (SSSR count). The number of benzene rings is 4. The molecule has 4 aromatic carbocycles. The molecule has 0 saturated carbocycles. The van der Waals surface area contributed by atoms with Crippen LogP contribution in [0.15, 0.2) is 108 Å². The highest BCUT2D eigenvalue weighted by atomic mass is 35.5. The summed E-state index contributed by atoms with van der Waals surface area (Å²) in [6.07, 6.45) is 1.74. The summed E-state index contributed by atoms with van der Waals surface area (Å²) in [7, 11) is 0. The van der Waals surface area contributed by atoms with Gasteiger partial charge in [0.1, 0.15) is 6.61 Å². The van der Waals surface area contributed by atoms with Gasteiger partial charge in [0.05, 0.1) is 23.4 Å². The fourth-order valence-electron chi connectivity index (χ4n) is 3.87. The third-order valence-corrected chi connectivity index (χ3v) is 7.07. The number of nitrogens with zero attached hydrogens (tertiary/aromatic N) is 2. The molecule has 1 aromatic heterocycles. The zero-order valence-corrected chi connectivity index (χ0v) is 22.4. The second kappa shape index (κ2) is 12.4. The Morgan fingerprint density at radius 2 is 1.55 bits per heavy atom. The minimum Gasteiger partial charge on any atom is -0.490 e. The molecule has 0 atom stereocenters. The Bertz CT molecular complexity index is 1460. The van der Waals surface area contributed by atoms with Gasteiger partial charge in [-0.15, -0.1) is 0 Å². The van der Waals surface area contributed by atoms with Crippen molar-refractivity contribution in [1.82, 2.24) is 4.98 Å². The molecule has 0 radical (unpaired) electrons. The zero-order chi connectivity index (χ0) is 26.2. The van der Waals surface area contributed by atoms with Gasteiger partial charge in [0, 0.05) is 16.1 Å². The first kappa shape index (κ1) is 25.5. The van der Waals surface area contributed by atoms with Crippen molar-refractivity contribution in [3.8, 4) is 33.2 Å². The van der Waals surface area contributed by atoms with Crippen LogP contribution in [0.3, 0.4) is 0 Å². The lowest BCUT2D eigenvalue weighted by atomic mass is 10.1. The minimum atomic E-state index is 0.353. The van der Waals surface area contributed by atoms with E-state index >= 15 is 0 Å². The van der Waals surface area contributed by atoms with Gasteiger partial charge < -0.3 is 9.47 Å². The van der Waals surface area contributed by atoms with Crippen molar-refractivity contribution in [1.29, 1.82) is 0 Å². The van der Waals surface area contributed by atoms with Crippen LogP contribution in [0.25, 0.3) is 21.7 Å². The smallest absolute Gasteiger partial charge is 0.204 e. The number of nitrogens with one attached hydrogen (secondary N) is 1. The lowest BCUT2D eigenvalue weighted by Gasteiger charge is -2.13. The Labute approximate surface area is 231 Å². The van der Waals surface area contributed by atoms with E-state index in [0.29, 0.717) is 34.9 Å². The molecule has 0 unspecified atom stereocenters. The zero-order valence-electron chi connectivity index (χ0n) is 20.8. The van der Waals surface area contributed by atoms with Crippen LogP contribution in [-0.4, -0.2) is 17.8 Å². The largest absolute Gasteiger partial charge is 0.490 e. The molecule has 5 nitrogen and oxygen atoms in total. The first-order valence-corrected chi connectivity index (χ1v) is 13.4. The van der Waals surface area contributed by atoms with E-state index in [1.165, 1.54) is 0 Å². The average molecular weight is 540 g/mol. The van der Waals surface area contributed by atoms with Crippen molar-refractivity contribution in [2.45, 2.75) is 13.5 Å². The maximum atomic E-state index is 6.27. The second-order valence-electron chi connectivity index (χ2n) is 8.32. The normalized spacial score (nSPS) is 11.0. The Balaban J connectivity index is 1.33. The molecule has 0 aliphatic heterocycles. The molecule has 0 aliphatic rings. The van der Waals surface area contributed by atoms with Gasteiger partial charge in [0.15, 0.2) is 11.5 Å². The minimum absolute atomic E-state index is 0.353. The molecule has 0 amide bonds. The molecule has 1 heterocycles. The number of thiazole rings is 1. The number of hydrogen-bond donors (Lipinski definition) is 1. The van der Waals surface area contributed by atoms with Crippen LogP contribution >= 0.6 is 22.9 Å². The highest BCUT2D eigenvalue weighted by molar-refractivity contribution is 7.19. The summed E-state index contributed by atoms with van der Waals surface area (Å²) in [6.45, 7) is 2.81. The maximum absolute atomic E-state index is 6.27. The summed E-state index contributed by atoms with van der Waals surface area (Å²) < 4.78 is 11.8. The summed E-state index contributed by atoms with van der Waals surface area (Å²) in [5, 5.41) is 5.83. The standard InChI is InChI=1S/C31H26ClN3O2S/c1-2-36-28-19-22(17-18-27(28)37-21-25-15-9-10-16-26(25)32)20-33-35-31-34-29(23-11-5-3-6-12-23)30(38-31)24-13-7-4-8-14-24/h3-20H,2,21H2,1H3,(H,34,35)/b33-20+. The number of aromatic nitrogens is 1. The molecular formula is C31H26ClN3O2S. The van der Waals surface area contributed by atoms with Gasteiger partial charge in [-0.05, 0) is 42.3 Å². The van der Waals surface area contributed by atoms with Gasteiger partial charge in [-0.3, -0.25) is 5.43 Å². The summed E-state index contributed by atoms with van der Waals surface area (Å²) >= 11 is 7.84. The summed E-state index contributed by atoms with van der Waals surface area (Å²) in [5.41, 5.74) is 8.00. The number of ether oxygens (including phenoxy) is 2. The molecule has 38 heavy (non-hydrogen) atoms. The quantitative estimate of drug-likeness (QED) is 0.143. The monoisotopic (exact) mass is 539 g/mol. The van der Waals surface area contributed by atoms with E-state index in [4.69, 9.17) is 26.1 Å². The molecule has 0 aliphatic carbocycles. The summed E-state index contributed by atoms with van der Waals surface area (Å²) in [4.78, 5) is 5.94. The average Bonchev–Trinajstić information content (AvgIpc) is 3.39. The number of anilines is 1. The fourth-order valence-corrected chi connectivity index (χ4v) is 5.00. The van der Waals surface area contributed by atoms with Crippen LogP contribution in [0.4, 0.5) is 5.13 Å². The summed E-state index contributed by atoms with van der Waals surface area (Å²) in [5.74, 6) is 1.30. The molecule has 7 heteroatoms. The van der Waals surface area contributed by atoms with Gasteiger partial charge in [0.25, 0.3) is 0 Å². The molecular weight excluding hydrogens is 514 g/mol. The van der Waals surface area contributed by atoms with Crippen molar-refractivity contribution in [2.24, 2.45) is 5.10 Å². The molecule has 190 valence electrons. The lowest BCUT2D eigenvalue weighted by Crippen LogP contribution is -2.01. The molecule has 0 fully saturated rings. The number of hydrogen-bond acceptors (Lipinski definition) is 6. The van der Waals surface area contributed by atoms with E-state index in [-0.39, 0.29) is 0 Å². The third-order valence-electron chi connectivity index (χ3n) is 5.69. The van der Waals surface area contributed by atoms with Crippen molar-refractivity contribution >= 4 is 34.3 Å². The summed E-state index contributed by atoms with van der Waals surface area (Å²) in [6, 6.07) is 33.8. The molecule has 0 saturated heterocycles. The van der Waals surface area contributed by atoms with E-state index in [1.54, 1.807) is 17.6 Å². The maximum Gasteiger partial charge on any atom is 0.204 e. The van der Waals surface area contributed by atoms with Crippen molar-refractivity contribution in [3.63, 3.8) is 0 Å². The van der Waals surface area contributed by atoms with Gasteiger partial charge in [-0.2, -0.15) is 5.10 Å². The van der Waals surface area contributed by atoms with Crippen molar-refractivity contribution in [3.05, 3.63) is 119 Å². The number of halogens is 1. The van der Waals surface area contributed by atoms with Crippen LogP contribution in [-0.2, 0) is 6.61 Å². The molecule has 0 bridgehead atoms. The molecule has 5 aromatic rings. The van der Waals surface area contributed by atoms with Crippen LogP contribution in [0.2, 0.25) is 5.02 Å². The Morgan fingerprint density at radius 1 is 0.842 bits per heavy atom. The van der Waals surface area contributed by atoms with Crippen LogP contribution in [0.5, 0.6) is 11.5 Å². The Hall–Kier alpha value is -4.13. The van der Waals surface area contributed by atoms with Crippen molar-refractivity contribution in [2.75, 3.05) is 12.0 Å². The lowest BCUT2D eigenvalue weighted by molar-refractivity contribution is 0.269. The molecule has 1 N–H and O–H groups in total. The predicted octanol–water partition coefficient (Wildman–Crippen LogP) is 8.55. The first-order valence-electron chi connectivity index (χ1n) is 12.2. The third kappa shape index (κ3) is 6.22. The fraction of sp³-hybridized carbons (Fsp3) is 0.0968. The highest BCUT2D eigenvalue weighted by Gasteiger charge is 2.14. The van der Waals surface area contributed by atoms with Gasteiger partial charge in [-0.25, -0.2) is 4.98 Å². The van der Waals surface area contributed by atoms with E-state index in [2.05, 4.69) is 34.8 Å². The van der Waals surface area contributed by atoms with Crippen molar-refractivity contribution < 1.29 is 9.47 Å². The highest BCUT2D eigenvalue weighted by Crippen LogP contribution is 2.39. The number of rotatable bonds is 10. The number of hydrazone groups is 1. The van der Waals surface area contributed by atoms with Crippen LogP contribution in [0.1, 0.15) is 18.1 Å². The van der Waals surface area contributed by atoms with Gasteiger partial charge in [-0.1, -0.05) is 102 Å². The SMILES string of the molecule is CCOc1cc(/C=N/Nc2nc(-c3ccccc3)c(-c3ccccc3)s2)ccc1OCc1ccccc1Cl. The van der Waals surface area contributed by atoms with Crippen LogP contribution in [0, 0.1) is 0 Å². The Morgan fingerprint density at radius 3 is 2.29 bits per heavy atom. The van der Waals surface area contributed by atoms with Crippen LogP contribution < -0.4 is 14.9 Å². The van der Waals surface area contributed by atoms with Gasteiger partial charge >= 0.3 is 0 Å². The van der Waals surface area contributed by atoms with E-state index in [9.17, 15) is 0 Å². The topological polar surface area (TPSA) is 55.7 Å². The predicted molar refractivity (Wildman–Crippen MR) is 158 cm³/mol.